The van der Waals surface area contributed by atoms with Gasteiger partial charge >= 0.3 is 26.7 Å². The first kappa shape index (κ1) is 76.6. The van der Waals surface area contributed by atoms with Crippen LogP contribution in [0.2, 0.25) is 0 Å². The summed E-state index contributed by atoms with van der Waals surface area (Å²) in [6.45, 7) is -0.199. The van der Waals surface area contributed by atoms with Crippen LogP contribution in [0.15, 0.2) is 127 Å². The van der Waals surface area contributed by atoms with Crippen molar-refractivity contribution in [3.63, 3.8) is 0 Å². The first-order valence-corrected chi connectivity index (χ1v) is 33.8. The fourth-order valence-corrected chi connectivity index (χ4v) is 13.4. The van der Waals surface area contributed by atoms with E-state index in [4.69, 9.17) is 13.6 Å². The number of fused-ring (bicyclic) bond motifs is 3. The van der Waals surface area contributed by atoms with Crippen LogP contribution in [0.3, 0.4) is 0 Å². The lowest BCUT2D eigenvalue weighted by Gasteiger charge is -2.39. The zero-order chi connectivity index (χ0) is 78.6. The maximum absolute atomic E-state index is 16.8. The Morgan fingerprint density at radius 1 is 0.330 bits per heavy atom. The van der Waals surface area contributed by atoms with Crippen LogP contribution in [-0.2, 0) is 39.3 Å². The van der Waals surface area contributed by atoms with Gasteiger partial charge in [-0.15, -0.1) is 0 Å². The van der Waals surface area contributed by atoms with Crippen LogP contribution in [0.5, 0.6) is 17.2 Å². The predicted molar refractivity (Wildman–Crippen MR) is 363 cm³/mol. The Hall–Kier alpha value is -12.0. The van der Waals surface area contributed by atoms with Crippen molar-refractivity contribution < 1.29 is 108 Å². The second-order valence-corrected chi connectivity index (χ2v) is 26.5. The third-order valence-corrected chi connectivity index (χ3v) is 19.9. The fraction of sp³-hybridized carbons (Fsp3) is 0.200. The van der Waals surface area contributed by atoms with Crippen molar-refractivity contribution in [2.75, 3.05) is 35.8 Å². The molecule has 0 radical (unpaired) electrons. The second kappa shape index (κ2) is 30.7. The molecular weight excluding hydrogens is 1490 g/mol. The van der Waals surface area contributed by atoms with Crippen molar-refractivity contribution in [1.29, 1.82) is 0 Å². The summed E-state index contributed by atoms with van der Waals surface area (Å²) >= 11 is 0. The van der Waals surface area contributed by atoms with Crippen molar-refractivity contribution in [3.05, 3.63) is 281 Å². The molecule has 0 aliphatic carbocycles. The highest BCUT2D eigenvalue weighted by molar-refractivity contribution is 7.43. The molecule has 3 unspecified atom stereocenters. The third kappa shape index (κ3) is 15.5. The summed E-state index contributed by atoms with van der Waals surface area (Å²) in [5.74, 6) is -25.4. The highest BCUT2D eigenvalue weighted by Gasteiger charge is 2.40. The first-order chi connectivity index (χ1) is 51.6. The Morgan fingerprint density at radius 3 is 0.761 bits per heavy atom. The molecule has 3 heterocycles. The lowest BCUT2D eigenvalue weighted by Crippen LogP contribution is -2.47. The number of carbonyl (C=O) groups is 6. The molecule has 0 saturated carbocycles. The van der Waals surface area contributed by atoms with E-state index in [2.05, 4.69) is 16.0 Å². The first-order valence-electron chi connectivity index (χ1n) is 32.7. The molecule has 109 heavy (non-hydrogen) atoms. The van der Waals surface area contributed by atoms with Gasteiger partial charge in [0.15, 0.2) is 0 Å². The summed E-state index contributed by atoms with van der Waals surface area (Å²) in [6.07, 6.45) is 0. The van der Waals surface area contributed by atoms with Crippen molar-refractivity contribution in [3.8, 4) is 17.2 Å². The minimum atomic E-state index is -3.50. The number of anilines is 3. The highest BCUT2D eigenvalue weighted by Crippen LogP contribution is 2.47. The van der Waals surface area contributed by atoms with E-state index in [1.807, 2.05) is 0 Å². The SMILES string of the molecule is CC1c2ccc(C(=O)NCc3c(F)cc(F)cc3F)cc2N(Cc2c(F)cc(OP(Oc3cc(F)c(CN4C(=O)N(C)C(C)c5ccc(C(=O)NCc6c(F)cc(F)cc6F)cc54)c(F)c3)Oc3cc(F)c(CN4C(=O)N(C)C(C)c5ccc(C(=O)NCc6c(F)cc(F)cc6F)cc54)c(F)c3)cc2F)C(=O)N1C. The van der Waals surface area contributed by atoms with Gasteiger partial charge in [-0.25, -0.2) is 80.2 Å². The molecule has 3 N–H and O–H groups in total. The summed E-state index contributed by atoms with van der Waals surface area (Å²) in [5, 5.41) is 6.91. The normalized spacial score (nSPS) is 15.7. The van der Waals surface area contributed by atoms with E-state index < -0.39 is 240 Å². The van der Waals surface area contributed by atoms with E-state index in [1.165, 1.54) is 90.4 Å². The van der Waals surface area contributed by atoms with Gasteiger partial charge in [-0.05, 0) is 73.9 Å². The smallest absolute Gasteiger partial charge is 0.408 e. The molecule has 566 valence electrons. The maximum Gasteiger partial charge on any atom is 0.530 e. The van der Waals surface area contributed by atoms with Crippen LogP contribution in [0.4, 0.5) is 97.3 Å². The van der Waals surface area contributed by atoms with E-state index in [-0.39, 0.29) is 33.8 Å². The molecule has 9 aromatic carbocycles. The number of nitrogens with zero attached hydrogens (tertiary/aromatic N) is 6. The van der Waals surface area contributed by atoms with Crippen molar-refractivity contribution in [2.45, 2.75) is 78.2 Å². The molecular formula is C75H57F15N9O9P. The Labute approximate surface area is 610 Å². The Balaban J connectivity index is 0.841. The van der Waals surface area contributed by atoms with E-state index in [9.17, 15) is 68.3 Å². The second-order valence-electron chi connectivity index (χ2n) is 25.5. The van der Waals surface area contributed by atoms with Gasteiger partial charge in [0.1, 0.15) is 105 Å². The molecule has 0 saturated heterocycles. The van der Waals surface area contributed by atoms with Crippen molar-refractivity contribution in [2.24, 2.45) is 0 Å². The monoisotopic (exact) mass is 1540 g/mol. The summed E-state index contributed by atoms with van der Waals surface area (Å²) in [6, 6.07) is 12.7. The van der Waals surface area contributed by atoms with Gasteiger partial charge in [0.05, 0.1) is 54.8 Å². The molecule has 9 aromatic rings. The number of benzene rings is 9. The Morgan fingerprint density at radius 2 is 0.541 bits per heavy atom. The molecule has 3 atom stereocenters. The summed E-state index contributed by atoms with van der Waals surface area (Å²) in [5.41, 5.74) is -4.20. The number of halogens is 15. The zero-order valence-electron chi connectivity index (χ0n) is 57.6. The van der Waals surface area contributed by atoms with Gasteiger partial charge in [0.25, 0.3) is 17.7 Å². The largest absolute Gasteiger partial charge is 0.530 e. The number of nitrogens with one attached hydrogen (secondary N) is 3. The van der Waals surface area contributed by atoms with Crippen molar-refractivity contribution >= 4 is 61.5 Å². The highest BCUT2D eigenvalue weighted by atomic mass is 31.2. The van der Waals surface area contributed by atoms with Gasteiger partial charge in [0.2, 0.25) is 0 Å². The number of carbonyl (C=O) groups excluding carboxylic acids is 6. The van der Waals surface area contributed by atoms with Crippen LogP contribution < -0.4 is 44.2 Å². The van der Waals surface area contributed by atoms with E-state index >= 15 is 26.3 Å². The molecule has 34 heteroatoms. The standard InChI is InChI=1S/C75H57F15N9O9P/c1-34-46-10-7-37(70(100)91-28-49-55(79)16-40(76)17-56(49)80)13-67(46)97(73(103)94(34)4)31-52-61(85)22-43(23-62(52)86)106-109(107-44-24-63(87)53(64(88)25-44)32-98-68-14-38(8-11-47(68)35(2)95(5)74(98)104)71(101)92-29-50-57(81)18-41(77)19-58(50)82)108-45-26-65(89)54(66(90)27-45)33-99-69-15-39(9-12-48(69)36(3)96(6)75(99)105)72(102)93-30-51-59(83)20-42(78)21-60(51)84/h7-27,34-36H,28-33H2,1-6H3,(H,91,100)(H,92,101)(H,93,102). The molecule has 3 aliphatic heterocycles. The summed E-state index contributed by atoms with van der Waals surface area (Å²) in [7, 11) is 0.609. The molecule has 0 spiro atoms. The van der Waals surface area contributed by atoms with E-state index in [0.717, 1.165) is 14.7 Å². The predicted octanol–water partition coefficient (Wildman–Crippen LogP) is 16.7. The number of amides is 9. The van der Waals surface area contributed by atoms with Gasteiger partial charge in [0, 0.05) is 164 Å². The number of hydrogen-bond donors (Lipinski definition) is 3. The lowest BCUT2D eigenvalue weighted by atomic mass is 9.98. The minimum Gasteiger partial charge on any atom is -0.408 e. The molecule has 3 aliphatic rings. The molecule has 12 rings (SSSR count). The average Bonchev–Trinajstić information content (AvgIpc) is 0.767. The summed E-state index contributed by atoms with van der Waals surface area (Å²) < 4.78 is 246. The molecule has 0 fully saturated rings. The molecule has 0 aromatic heterocycles. The van der Waals surface area contributed by atoms with Gasteiger partial charge in [-0.2, -0.15) is 0 Å². The number of hydrogen-bond acceptors (Lipinski definition) is 9. The number of urea groups is 3. The van der Waals surface area contributed by atoms with Crippen LogP contribution >= 0.6 is 8.60 Å². The van der Waals surface area contributed by atoms with Crippen molar-refractivity contribution in [1.82, 2.24) is 30.7 Å². The topological polar surface area (TPSA) is 186 Å². The average molecular weight is 1540 g/mol. The van der Waals surface area contributed by atoms with Crippen LogP contribution in [-0.4, -0.2) is 71.7 Å². The quantitative estimate of drug-likeness (QED) is 0.0465. The zero-order valence-corrected chi connectivity index (χ0v) is 58.5. The molecule has 0 bridgehead atoms. The minimum absolute atomic E-state index is 0.0472. The Kier molecular flexibility index (Phi) is 21.6. The van der Waals surface area contributed by atoms with E-state index in [0.29, 0.717) is 89.5 Å². The molecule has 9 amide bonds. The van der Waals surface area contributed by atoms with E-state index in [1.54, 1.807) is 20.8 Å². The van der Waals surface area contributed by atoms with Crippen LogP contribution in [0, 0.1) is 87.3 Å². The van der Waals surface area contributed by atoms with Gasteiger partial charge in [-0.1, -0.05) is 18.2 Å². The lowest BCUT2D eigenvalue weighted by molar-refractivity contribution is 0.0942. The number of rotatable bonds is 21. The fourth-order valence-electron chi connectivity index (χ4n) is 12.5. The summed E-state index contributed by atoms with van der Waals surface area (Å²) in [4.78, 5) is 88.8. The van der Waals surface area contributed by atoms with Gasteiger partial charge < -0.3 is 44.2 Å². The third-order valence-electron chi connectivity index (χ3n) is 18.9. The van der Waals surface area contributed by atoms with Gasteiger partial charge in [-0.3, -0.25) is 29.1 Å². The van der Waals surface area contributed by atoms with Crippen LogP contribution in [0.1, 0.15) is 120 Å². The maximum atomic E-state index is 16.8. The van der Waals surface area contributed by atoms with Crippen LogP contribution in [0.25, 0.3) is 0 Å². The molecule has 18 nitrogen and oxygen atoms in total. The Bertz CT molecular complexity index is 4620.